The van der Waals surface area contributed by atoms with Gasteiger partial charge < -0.3 is 20.1 Å². The minimum atomic E-state index is -3.85. The molecule has 1 amide bonds. The summed E-state index contributed by atoms with van der Waals surface area (Å²) in [5.74, 6) is -5.00. The van der Waals surface area contributed by atoms with Crippen molar-refractivity contribution in [1.82, 2.24) is 9.80 Å². The molecule has 1 aromatic rings. The van der Waals surface area contributed by atoms with Crippen molar-refractivity contribution in [1.29, 1.82) is 0 Å². The average molecular weight is 397 g/mol. The third-order valence-corrected chi connectivity index (χ3v) is 5.70. The molecule has 2 fully saturated rings. The number of hydrogen-bond donors (Lipinski definition) is 2. The molecule has 1 heterocycles. The van der Waals surface area contributed by atoms with E-state index in [1.807, 2.05) is 0 Å². The van der Waals surface area contributed by atoms with Crippen LogP contribution in [-0.4, -0.2) is 78.7 Å². The average Bonchev–Trinajstić information content (AvgIpc) is 3.13. The van der Waals surface area contributed by atoms with Crippen LogP contribution in [0, 0.1) is 0 Å². The number of nitrogens with one attached hydrogen (secondary N) is 1. The highest BCUT2D eigenvalue weighted by molar-refractivity contribution is 5.98. The molecule has 1 aliphatic heterocycles. The highest BCUT2D eigenvalue weighted by Crippen LogP contribution is 2.42. The van der Waals surface area contributed by atoms with Crippen molar-refractivity contribution < 1.29 is 23.4 Å². The lowest BCUT2D eigenvalue weighted by atomic mass is 9.93. The van der Waals surface area contributed by atoms with Crippen LogP contribution in [0.25, 0.3) is 0 Å². The van der Waals surface area contributed by atoms with E-state index in [-0.39, 0.29) is 18.5 Å². The summed E-state index contributed by atoms with van der Waals surface area (Å²) in [5.41, 5.74) is -2.08. The van der Waals surface area contributed by atoms with Gasteiger partial charge in [0.1, 0.15) is 18.0 Å². The van der Waals surface area contributed by atoms with Gasteiger partial charge in [-0.2, -0.15) is 8.78 Å². The zero-order chi connectivity index (χ0) is 20.2. The van der Waals surface area contributed by atoms with Crippen LogP contribution >= 0.6 is 0 Å². The number of nitrogens with zero attached hydrogens (tertiary/aromatic N) is 2. The van der Waals surface area contributed by atoms with Crippen molar-refractivity contribution in [3.63, 3.8) is 0 Å². The monoisotopic (exact) mass is 397 g/mol. The van der Waals surface area contributed by atoms with E-state index in [0.29, 0.717) is 25.2 Å². The number of halogens is 2. The minimum absolute atomic E-state index is 0.0728. The lowest BCUT2D eigenvalue weighted by Crippen LogP contribution is -2.53. The Morgan fingerprint density at radius 2 is 1.86 bits per heavy atom. The van der Waals surface area contributed by atoms with Crippen LogP contribution in [-0.2, 0) is 4.79 Å². The van der Waals surface area contributed by atoms with Gasteiger partial charge in [0.15, 0.2) is 0 Å². The van der Waals surface area contributed by atoms with Crippen LogP contribution in [0.3, 0.4) is 0 Å². The highest BCUT2D eigenvalue weighted by Gasteiger charge is 2.59. The van der Waals surface area contributed by atoms with Gasteiger partial charge in [-0.1, -0.05) is 25.0 Å². The first kappa shape index (κ1) is 21.0. The van der Waals surface area contributed by atoms with Crippen molar-refractivity contribution in [3.8, 4) is 5.75 Å². The number of anilines is 1. The largest absolute Gasteiger partial charge is 0.490 e. The van der Waals surface area contributed by atoms with Crippen LogP contribution in [0.1, 0.15) is 25.7 Å². The van der Waals surface area contributed by atoms with E-state index >= 15 is 0 Å². The number of likely N-dealkylation sites (N-methyl/N-ethyl adjacent to an activating group) is 1. The SMILES string of the molecule is CN1CCN(CCOc2ccccc2NC(=O)C(F)(F)C2(O)CCCC2)CC1. The first-order chi connectivity index (χ1) is 13.3. The first-order valence-corrected chi connectivity index (χ1v) is 9.86. The molecular weight excluding hydrogens is 368 g/mol. The second-order valence-electron chi connectivity index (χ2n) is 7.76. The van der Waals surface area contributed by atoms with Crippen LogP contribution in [0.4, 0.5) is 14.5 Å². The van der Waals surface area contributed by atoms with Crippen molar-refractivity contribution in [2.24, 2.45) is 0 Å². The molecule has 0 bridgehead atoms. The Labute approximate surface area is 164 Å². The van der Waals surface area contributed by atoms with E-state index in [1.165, 1.54) is 6.07 Å². The fraction of sp³-hybridized carbons (Fsp3) is 0.650. The third kappa shape index (κ3) is 4.61. The molecule has 2 N–H and O–H groups in total. The van der Waals surface area contributed by atoms with Crippen molar-refractivity contribution >= 4 is 11.6 Å². The molecule has 0 aromatic heterocycles. The fourth-order valence-corrected chi connectivity index (χ4v) is 3.74. The first-order valence-electron chi connectivity index (χ1n) is 9.86. The Bertz CT molecular complexity index is 672. The summed E-state index contributed by atoms with van der Waals surface area (Å²) in [4.78, 5) is 16.8. The minimum Gasteiger partial charge on any atom is -0.490 e. The number of piperazine rings is 1. The smallest absolute Gasteiger partial charge is 0.352 e. The number of carbonyl (C=O) groups is 1. The molecule has 1 aromatic carbocycles. The second-order valence-corrected chi connectivity index (χ2v) is 7.76. The van der Waals surface area contributed by atoms with Gasteiger partial charge in [0, 0.05) is 32.7 Å². The standard InChI is InChI=1S/C20H29F2N3O3/c1-24-10-12-25(13-11-24)14-15-28-17-7-3-2-6-16(17)23-18(26)20(21,22)19(27)8-4-5-9-19/h2-3,6-7,27H,4-5,8-15H2,1H3,(H,23,26). The van der Waals surface area contributed by atoms with Gasteiger partial charge in [-0.05, 0) is 32.0 Å². The van der Waals surface area contributed by atoms with E-state index in [2.05, 4.69) is 22.2 Å². The van der Waals surface area contributed by atoms with E-state index in [4.69, 9.17) is 4.74 Å². The topological polar surface area (TPSA) is 65.0 Å². The lowest BCUT2D eigenvalue weighted by molar-refractivity contribution is -0.185. The van der Waals surface area contributed by atoms with E-state index < -0.39 is 17.4 Å². The molecule has 1 saturated heterocycles. The normalized spacial score (nSPS) is 20.9. The number of ether oxygens (including phenoxy) is 1. The second kappa shape index (κ2) is 8.71. The maximum Gasteiger partial charge on any atom is 0.352 e. The fourth-order valence-electron chi connectivity index (χ4n) is 3.74. The lowest BCUT2D eigenvalue weighted by Gasteiger charge is -2.32. The Kier molecular flexibility index (Phi) is 6.52. The number of hydrogen-bond acceptors (Lipinski definition) is 5. The van der Waals surface area contributed by atoms with Crippen molar-refractivity contribution in [3.05, 3.63) is 24.3 Å². The van der Waals surface area contributed by atoms with Gasteiger partial charge in [0.05, 0.1) is 5.69 Å². The van der Waals surface area contributed by atoms with Gasteiger partial charge in [-0.25, -0.2) is 0 Å². The zero-order valence-corrected chi connectivity index (χ0v) is 16.3. The molecule has 156 valence electrons. The van der Waals surface area contributed by atoms with Crippen LogP contribution < -0.4 is 10.1 Å². The zero-order valence-electron chi connectivity index (χ0n) is 16.3. The molecule has 0 radical (unpaired) electrons. The number of amides is 1. The Morgan fingerprint density at radius 3 is 2.54 bits per heavy atom. The van der Waals surface area contributed by atoms with Gasteiger partial charge >= 0.3 is 5.92 Å². The molecule has 1 saturated carbocycles. The van der Waals surface area contributed by atoms with E-state index in [9.17, 15) is 18.7 Å². The highest BCUT2D eigenvalue weighted by atomic mass is 19.3. The molecule has 0 atom stereocenters. The van der Waals surface area contributed by atoms with Crippen LogP contribution in [0.5, 0.6) is 5.75 Å². The maximum atomic E-state index is 14.5. The number of para-hydroxylation sites is 2. The van der Waals surface area contributed by atoms with Gasteiger partial charge in [0.25, 0.3) is 5.91 Å². The maximum absolute atomic E-state index is 14.5. The van der Waals surface area contributed by atoms with Gasteiger partial charge in [0.2, 0.25) is 0 Å². The predicted octanol–water partition coefficient (Wildman–Crippen LogP) is 2.19. The van der Waals surface area contributed by atoms with Gasteiger partial charge in [-0.15, -0.1) is 0 Å². The molecular formula is C20H29F2N3O3. The number of benzene rings is 1. The number of carbonyl (C=O) groups excluding carboxylic acids is 1. The summed E-state index contributed by atoms with van der Waals surface area (Å²) in [6, 6.07) is 6.54. The van der Waals surface area contributed by atoms with Crippen molar-refractivity contribution in [2.75, 3.05) is 51.7 Å². The van der Waals surface area contributed by atoms with E-state index in [0.717, 1.165) is 32.7 Å². The number of alkyl halides is 2. The van der Waals surface area contributed by atoms with Gasteiger partial charge in [-0.3, -0.25) is 9.69 Å². The number of aliphatic hydroxyl groups is 1. The molecule has 3 rings (SSSR count). The van der Waals surface area contributed by atoms with Crippen molar-refractivity contribution in [2.45, 2.75) is 37.2 Å². The molecule has 8 heteroatoms. The molecule has 0 spiro atoms. The summed E-state index contributed by atoms with van der Waals surface area (Å²) >= 11 is 0. The Hall–Kier alpha value is -1.77. The quantitative estimate of drug-likeness (QED) is 0.739. The number of rotatable bonds is 7. The Balaban J connectivity index is 1.58. The third-order valence-electron chi connectivity index (χ3n) is 5.70. The summed E-state index contributed by atoms with van der Waals surface area (Å²) in [5, 5.41) is 12.4. The molecule has 1 aliphatic carbocycles. The Morgan fingerprint density at radius 1 is 1.21 bits per heavy atom. The molecule has 0 unspecified atom stereocenters. The van der Waals surface area contributed by atoms with Crippen LogP contribution in [0.15, 0.2) is 24.3 Å². The molecule has 2 aliphatic rings. The van der Waals surface area contributed by atoms with E-state index in [1.54, 1.807) is 18.2 Å². The summed E-state index contributed by atoms with van der Waals surface area (Å²) in [7, 11) is 2.09. The summed E-state index contributed by atoms with van der Waals surface area (Å²) in [6.07, 6.45) is 0.837. The summed E-state index contributed by atoms with van der Waals surface area (Å²) in [6.45, 7) is 5.06. The molecule has 28 heavy (non-hydrogen) atoms. The molecule has 6 nitrogen and oxygen atoms in total. The van der Waals surface area contributed by atoms with Crippen LogP contribution in [0.2, 0.25) is 0 Å². The predicted molar refractivity (Wildman–Crippen MR) is 103 cm³/mol. The summed E-state index contributed by atoms with van der Waals surface area (Å²) < 4.78 is 34.8.